The maximum atomic E-state index is 12.5. The summed E-state index contributed by atoms with van der Waals surface area (Å²) >= 11 is 0. The van der Waals surface area contributed by atoms with Crippen LogP contribution in [-0.4, -0.2) is 79.9 Å². The van der Waals surface area contributed by atoms with Crippen LogP contribution >= 0.6 is 0 Å². The molecule has 1 amide bonds. The first-order chi connectivity index (χ1) is 21.0. The van der Waals surface area contributed by atoms with E-state index in [1.54, 1.807) is 0 Å². The smallest absolute Gasteiger partial charge is 0.238 e. The number of aliphatic hydroxyl groups is 1. The van der Waals surface area contributed by atoms with E-state index in [0.717, 1.165) is 76.5 Å². The second kappa shape index (κ2) is 12.9. The van der Waals surface area contributed by atoms with Crippen molar-refractivity contribution in [3.05, 3.63) is 78.6 Å². The lowest BCUT2D eigenvalue weighted by Crippen LogP contribution is -2.30. The molecule has 9 heteroatoms. The van der Waals surface area contributed by atoms with Gasteiger partial charge in [0.2, 0.25) is 5.91 Å². The van der Waals surface area contributed by atoms with Crippen LogP contribution in [0.5, 0.6) is 0 Å². The number of aliphatic hydroxyl groups excluding tert-OH is 1. The molecule has 43 heavy (non-hydrogen) atoms. The highest BCUT2D eigenvalue weighted by atomic mass is 16.3. The molecule has 2 aromatic carbocycles. The van der Waals surface area contributed by atoms with E-state index in [0.29, 0.717) is 13.1 Å². The number of nitrogens with zero attached hydrogens (tertiary/aromatic N) is 5. The standard InChI is InChI=1S/C34H39N7O2/c1-3-40(18-19-42)21-24-6-8-25(9-7-24)31-20-29-28(14-15-35-34(29)37-31)30-22-39(2)38-33(30)26-10-12-27(13-11-26)36-32(43)23-41-16-4-5-17-41/h6-15,20,22,42H,3-5,16-19,21,23H2,1-2H3,(H,35,37)(H,36,43). The predicted molar refractivity (Wildman–Crippen MR) is 172 cm³/mol. The van der Waals surface area contributed by atoms with E-state index in [1.165, 1.54) is 18.4 Å². The van der Waals surface area contributed by atoms with Crippen LogP contribution in [0.1, 0.15) is 25.3 Å². The summed E-state index contributed by atoms with van der Waals surface area (Å²) in [6.07, 6.45) is 6.21. The number of likely N-dealkylation sites (N-methyl/N-ethyl adjacent to an activating group) is 1. The minimum Gasteiger partial charge on any atom is -0.395 e. The molecule has 1 fully saturated rings. The summed E-state index contributed by atoms with van der Waals surface area (Å²) in [5, 5.41) is 18.2. The van der Waals surface area contributed by atoms with Gasteiger partial charge in [0.25, 0.3) is 0 Å². The van der Waals surface area contributed by atoms with Gasteiger partial charge >= 0.3 is 0 Å². The Morgan fingerprint density at radius 1 is 1.02 bits per heavy atom. The molecular formula is C34H39N7O2. The van der Waals surface area contributed by atoms with E-state index in [2.05, 4.69) is 62.3 Å². The lowest BCUT2D eigenvalue weighted by atomic mass is 10.00. The maximum Gasteiger partial charge on any atom is 0.238 e. The molecule has 0 saturated carbocycles. The first-order valence-corrected chi connectivity index (χ1v) is 15.1. The second-order valence-corrected chi connectivity index (χ2v) is 11.3. The van der Waals surface area contributed by atoms with Crippen molar-refractivity contribution < 1.29 is 9.90 Å². The van der Waals surface area contributed by atoms with Crippen molar-refractivity contribution in [2.75, 3.05) is 44.6 Å². The van der Waals surface area contributed by atoms with Crippen molar-refractivity contribution in [1.29, 1.82) is 0 Å². The second-order valence-electron chi connectivity index (χ2n) is 11.3. The highest BCUT2D eigenvalue weighted by molar-refractivity contribution is 5.99. The lowest BCUT2D eigenvalue weighted by Gasteiger charge is -2.19. The Morgan fingerprint density at radius 2 is 1.77 bits per heavy atom. The molecule has 0 bridgehead atoms. The van der Waals surface area contributed by atoms with Gasteiger partial charge in [-0.3, -0.25) is 19.3 Å². The summed E-state index contributed by atoms with van der Waals surface area (Å²) in [6.45, 7) is 7.09. The third kappa shape index (κ3) is 6.54. The van der Waals surface area contributed by atoms with Crippen LogP contribution in [0.15, 0.2) is 73.1 Å². The van der Waals surface area contributed by atoms with Gasteiger partial charge in [-0.25, -0.2) is 4.98 Å². The molecule has 0 unspecified atom stereocenters. The van der Waals surface area contributed by atoms with Gasteiger partial charge in [-0.2, -0.15) is 5.10 Å². The fraction of sp³-hybridized carbons (Fsp3) is 0.324. The van der Waals surface area contributed by atoms with Gasteiger partial charge in [-0.05, 0) is 73.4 Å². The summed E-state index contributed by atoms with van der Waals surface area (Å²) in [5.41, 5.74) is 8.84. The van der Waals surface area contributed by atoms with E-state index in [-0.39, 0.29) is 12.5 Å². The van der Waals surface area contributed by atoms with Gasteiger partial charge in [-0.15, -0.1) is 0 Å². The molecule has 6 rings (SSSR count). The van der Waals surface area contributed by atoms with Crippen LogP contribution in [-0.2, 0) is 18.4 Å². The van der Waals surface area contributed by atoms with Crippen molar-refractivity contribution in [2.24, 2.45) is 7.05 Å². The fourth-order valence-electron chi connectivity index (χ4n) is 5.91. The number of likely N-dealkylation sites (tertiary alicyclic amines) is 1. The number of hydrogen-bond donors (Lipinski definition) is 3. The van der Waals surface area contributed by atoms with E-state index in [1.807, 2.05) is 54.5 Å². The van der Waals surface area contributed by atoms with Crippen LogP contribution < -0.4 is 5.32 Å². The molecule has 0 radical (unpaired) electrons. The highest BCUT2D eigenvalue weighted by Gasteiger charge is 2.18. The number of aromatic amines is 1. The van der Waals surface area contributed by atoms with Crippen molar-refractivity contribution in [2.45, 2.75) is 26.3 Å². The number of benzene rings is 2. The Bertz CT molecular complexity index is 1680. The number of rotatable bonds is 11. The number of anilines is 1. The Balaban J connectivity index is 1.24. The zero-order valence-electron chi connectivity index (χ0n) is 24.9. The Labute approximate surface area is 252 Å². The Morgan fingerprint density at radius 3 is 2.49 bits per heavy atom. The molecular weight excluding hydrogens is 538 g/mol. The number of hydrogen-bond acceptors (Lipinski definition) is 6. The summed E-state index contributed by atoms with van der Waals surface area (Å²) in [5.74, 6) is 0.0230. The zero-order chi connectivity index (χ0) is 29.8. The van der Waals surface area contributed by atoms with Crippen LogP contribution in [0.25, 0.3) is 44.7 Å². The molecule has 3 aromatic heterocycles. The molecule has 0 aliphatic carbocycles. The van der Waals surface area contributed by atoms with Crippen LogP contribution in [0.2, 0.25) is 0 Å². The fourth-order valence-corrected chi connectivity index (χ4v) is 5.91. The normalized spacial score (nSPS) is 13.8. The Hall–Kier alpha value is -4.31. The number of aromatic nitrogens is 4. The monoisotopic (exact) mass is 577 g/mol. The van der Waals surface area contributed by atoms with E-state index in [9.17, 15) is 9.90 Å². The van der Waals surface area contributed by atoms with Crippen molar-refractivity contribution in [3.8, 4) is 33.6 Å². The van der Waals surface area contributed by atoms with Gasteiger partial charge in [0, 0.05) is 60.4 Å². The largest absolute Gasteiger partial charge is 0.395 e. The van der Waals surface area contributed by atoms with E-state index < -0.39 is 0 Å². The lowest BCUT2D eigenvalue weighted by molar-refractivity contribution is -0.117. The molecule has 9 nitrogen and oxygen atoms in total. The summed E-state index contributed by atoms with van der Waals surface area (Å²) in [7, 11) is 1.93. The van der Waals surface area contributed by atoms with Crippen LogP contribution in [0.3, 0.4) is 0 Å². The van der Waals surface area contributed by atoms with Gasteiger partial charge in [0.05, 0.1) is 13.2 Å². The third-order valence-corrected chi connectivity index (χ3v) is 8.19. The topological polar surface area (TPSA) is 102 Å². The van der Waals surface area contributed by atoms with E-state index in [4.69, 9.17) is 5.10 Å². The molecule has 1 saturated heterocycles. The van der Waals surface area contributed by atoms with Crippen LogP contribution in [0.4, 0.5) is 5.69 Å². The Kier molecular flexibility index (Phi) is 8.64. The van der Waals surface area contributed by atoms with Crippen LogP contribution in [0, 0.1) is 0 Å². The number of fused-ring (bicyclic) bond motifs is 1. The predicted octanol–water partition coefficient (Wildman–Crippen LogP) is 5.15. The maximum absolute atomic E-state index is 12.5. The number of carbonyl (C=O) groups excluding carboxylic acids is 1. The van der Waals surface area contributed by atoms with Crippen molar-refractivity contribution in [3.63, 3.8) is 0 Å². The third-order valence-electron chi connectivity index (χ3n) is 8.19. The zero-order valence-corrected chi connectivity index (χ0v) is 24.9. The molecule has 0 spiro atoms. The molecule has 222 valence electrons. The minimum absolute atomic E-state index is 0.0230. The number of carbonyl (C=O) groups is 1. The number of H-pyrrole nitrogens is 1. The molecule has 3 N–H and O–H groups in total. The number of pyridine rings is 1. The molecule has 0 atom stereocenters. The van der Waals surface area contributed by atoms with Crippen molar-refractivity contribution >= 4 is 22.6 Å². The van der Waals surface area contributed by atoms with Gasteiger partial charge < -0.3 is 15.4 Å². The van der Waals surface area contributed by atoms with Gasteiger partial charge in [0.15, 0.2) is 0 Å². The molecule has 1 aliphatic rings. The molecule has 4 heterocycles. The number of amides is 1. The SMILES string of the molecule is CCN(CCO)Cc1ccc(-c2cc3c(-c4cn(C)nc4-c4ccc(NC(=O)CN5CCCC5)cc4)ccnc3[nH]2)cc1. The van der Waals surface area contributed by atoms with Crippen molar-refractivity contribution in [1.82, 2.24) is 29.5 Å². The van der Waals surface area contributed by atoms with Gasteiger partial charge in [0.1, 0.15) is 11.3 Å². The number of aryl methyl sites for hydroxylation is 1. The summed E-state index contributed by atoms with van der Waals surface area (Å²) in [4.78, 5) is 25.1. The van der Waals surface area contributed by atoms with Gasteiger partial charge in [-0.1, -0.05) is 43.3 Å². The first kappa shape index (κ1) is 28.8. The summed E-state index contributed by atoms with van der Waals surface area (Å²) < 4.78 is 1.84. The average molecular weight is 578 g/mol. The first-order valence-electron chi connectivity index (χ1n) is 15.1. The minimum atomic E-state index is 0.0230. The quantitative estimate of drug-likeness (QED) is 0.201. The average Bonchev–Trinajstić information content (AvgIpc) is 3.77. The summed E-state index contributed by atoms with van der Waals surface area (Å²) in [6, 6.07) is 20.7. The molecule has 1 aliphatic heterocycles. The highest BCUT2D eigenvalue weighted by Crippen LogP contribution is 2.37. The van der Waals surface area contributed by atoms with E-state index >= 15 is 0 Å². The number of nitrogens with one attached hydrogen (secondary N) is 2. The molecule has 5 aromatic rings.